The molecule has 0 aliphatic heterocycles. The van der Waals surface area contributed by atoms with Crippen LogP contribution in [-0.2, 0) is 6.42 Å². The molecule has 0 aliphatic rings. The maximum absolute atomic E-state index is 11.1. The van der Waals surface area contributed by atoms with Crippen LogP contribution in [0.5, 0.6) is 0 Å². The monoisotopic (exact) mass is 285 g/mol. The minimum atomic E-state index is -1.07. The first-order valence-corrected chi connectivity index (χ1v) is 5.40. The number of aromatic carboxylic acids is 1. The average molecular weight is 286 g/mol. The number of halogens is 1. The SMILES string of the molecule is CCc1onc(-c2ccc(Br)o2)c1C(=O)O. The van der Waals surface area contributed by atoms with Crippen LogP contribution in [0.2, 0.25) is 0 Å². The third-order valence-electron chi connectivity index (χ3n) is 2.10. The van der Waals surface area contributed by atoms with E-state index in [0.29, 0.717) is 22.6 Å². The molecular weight excluding hydrogens is 278 g/mol. The van der Waals surface area contributed by atoms with E-state index in [-0.39, 0.29) is 11.3 Å². The molecule has 0 saturated heterocycles. The zero-order valence-corrected chi connectivity index (χ0v) is 9.94. The van der Waals surface area contributed by atoms with E-state index in [9.17, 15) is 4.79 Å². The summed E-state index contributed by atoms with van der Waals surface area (Å²) < 4.78 is 10.7. The van der Waals surface area contributed by atoms with Gasteiger partial charge in [0.25, 0.3) is 0 Å². The van der Waals surface area contributed by atoms with Gasteiger partial charge >= 0.3 is 5.97 Å². The lowest BCUT2D eigenvalue weighted by Crippen LogP contribution is -2.00. The zero-order chi connectivity index (χ0) is 11.7. The van der Waals surface area contributed by atoms with Crippen LogP contribution in [0.15, 0.2) is 25.7 Å². The number of rotatable bonds is 3. The summed E-state index contributed by atoms with van der Waals surface area (Å²) in [7, 11) is 0. The maximum Gasteiger partial charge on any atom is 0.341 e. The fourth-order valence-electron chi connectivity index (χ4n) is 1.40. The standard InChI is InChI=1S/C10H8BrNO4/c1-2-5-8(10(13)14)9(12-16-5)6-3-4-7(11)15-6/h3-4H,2H2,1H3,(H,13,14). The second kappa shape index (κ2) is 4.13. The molecule has 0 fully saturated rings. The van der Waals surface area contributed by atoms with E-state index in [1.54, 1.807) is 19.1 Å². The highest BCUT2D eigenvalue weighted by molar-refractivity contribution is 9.10. The van der Waals surface area contributed by atoms with Gasteiger partial charge in [0.15, 0.2) is 21.9 Å². The van der Waals surface area contributed by atoms with Crippen molar-refractivity contribution in [3.63, 3.8) is 0 Å². The zero-order valence-electron chi connectivity index (χ0n) is 8.36. The third kappa shape index (κ3) is 1.76. The van der Waals surface area contributed by atoms with Crippen LogP contribution >= 0.6 is 15.9 Å². The Morgan fingerprint density at radius 1 is 1.56 bits per heavy atom. The second-order valence-corrected chi connectivity index (χ2v) is 3.87. The van der Waals surface area contributed by atoms with E-state index < -0.39 is 5.97 Å². The first-order valence-electron chi connectivity index (χ1n) is 4.61. The predicted molar refractivity (Wildman–Crippen MR) is 58.2 cm³/mol. The molecule has 2 aromatic heterocycles. The van der Waals surface area contributed by atoms with E-state index in [0.717, 1.165) is 0 Å². The Kier molecular flexibility index (Phi) is 2.82. The van der Waals surface area contributed by atoms with Gasteiger partial charge in [-0.2, -0.15) is 0 Å². The van der Waals surface area contributed by atoms with Crippen molar-refractivity contribution in [1.29, 1.82) is 0 Å². The van der Waals surface area contributed by atoms with Crippen LogP contribution in [0.3, 0.4) is 0 Å². The molecule has 0 aliphatic carbocycles. The Hall–Kier alpha value is -1.56. The number of aryl methyl sites for hydroxylation is 1. The summed E-state index contributed by atoms with van der Waals surface area (Å²) in [5, 5.41) is 12.8. The van der Waals surface area contributed by atoms with Gasteiger partial charge < -0.3 is 14.0 Å². The number of hydrogen-bond acceptors (Lipinski definition) is 4. The average Bonchev–Trinajstić information content (AvgIpc) is 2.82. The molecule has 0 radical (unpaired) electrons. The molecule has 2 rings (SSSR count). The number of carboxylic acid groups (broad SMARTS) is 1. The predicted octanol–water partition coefficient (Wildman–Crippen LogP) is 2.96. The quantitative estimate of drug-likeness (QED) is 0.938. The molecular formula is C10H8BrNO4. The molecule has 6 heteroatoms. The van der Waals surface area contributed by atoms with E-state index in [1.807, 2.05) is 0 Å². The molecule has 0 aromatic carbocycles. The molecule has 0 bridgehead atoms. The number of carboxylic acids is 1. The number of aromatic nitrogens is 1. The third-order valence-corrected chi connectivity index (χ3v) is 2.53. The molecule has 1 N–H and O–H groups in total. The Bertz CT molecular complexity index is 529. The molecule has 2 aromatic rings. The highest BCUT2D eigenvalue weighted by atomic mass is 79.9. The normalized spacial score (nSPS) is 10.6. The van der Waals surface area contributed by atoms with Crippen LogP contribution in [0.25, 0.3) is 11.5 Å². The Balaban J connectivity index is 2.57. The summed E-state index contributed by atoms with van der Waals surface area (Å²) in [5.41, 5.74) is 0.277. The second-order valence-electron chi connectivity index (χ2n) is 3.09. The van der Waals surface area contributed by atoms with Crippen LogP contribution < -0.4 is 0 Å². The topological polar surface area (TPSA) is 76.5 Å². The molecule has 0 spiro atoms. The highest BCUT2D eigenvalue weighted by Crippen LogP contribution is 2.29. The minimum absolute atomic E-state index is 0.0596. The van der Waals surface area contributed by atoms with Crippen molar-refractivity contribution in [2.45, 2.75) is 13.3 Å². The lowest BCUT2D eigenvalue weighted by molar-refractivity contribution is 0.0695. The number of carbonyl (C=O) groups is 1. The summed E-state index contributed by atoms with van der Waals surface area (Å²) in [6, 6.07) is 3.30. The van der Waals surface area contributed by atoms with Gasteiger partial charge in [-0.1, -0.05) is 12.1 Å². The lowest BCUT2D eigenvalue weighted by Gasteiger charge is -1.94. The van der Waals surface area contributed by atoms with Crippen LogP contribution in [0.1, 0.15) is 23.0 Å². The number of furan rings is 1. The van der Waals surface area contributed by atoms with Crippen molar-refractivity contribution in [2.24, 2.45) is 0 Å². The van der Waals surface area contributed by atoms with Gasteiger partial charge in [0, 0.05) is 6.42 Å². The smallest absolute Gasteiger partial charge is 0.341 e. The maximum atomic E-state index is 11.1. The van der Waals surface area contributed by atoms with Crippen LogP contribution in [-0.4, -0.2) is 16.2 Å². The van der Waals surface area contributed by atoms with Crippen molar-refractivity contribution < 1.29 is 18.8 Å². The number of nitrogens with zero attached hydrogens (tertiary/aromatic N) is 1. The van der Waals surface area contributed by atoms with Gasteiger partial charge in [-0.05, 0) is 28.1 Å². The summed E-state index contributed by atoms with van der Waals surface area (Å²) in [5.74, 6) is -0.358. The molecule has 16 heavy (non-hydrogen) atoms. The molecule has 5 nitrogen and oxygen atoms in total. The molecule has 0 amide bonds. The molecule has 2 heterocycles. The fourth-order valence-corrected chi connectivity index (χ4v) is 1.70. The van der Waals surface area contributed by atoms with E-state index in [4.69, 9.17) is 14.0 Å². The van der Waals surface area contributed by atoms with Crippen molar-refractivity contribution in [3.05, 3.63) is 28.1 Å². The fraction of sp³-hybridized carbons (Fsp3) is 0.200. The molecule has 0 saturated carbocycles. The van der Waals surface area contributed by atoms with Gasteiger partial charge in [-0.15, -0.1) is 0 Å². The summed E-state index contributed by atoms with van der Waals surface area (Å²) >= 11 is 3.14. The van der Waals surface area contributed by atoms with Crippen molar-refractivity contribution in [2.75, 3.05) is 0 Å². The van der Waals surface area contributed by atoms with Gasteiger partial charge in [-0.25, -0.2) is 4.79 Å². The lowest BCUT2D eigenvalue weighted by atomic mass is 10.1. The van der Waals surface area contributed by atoms with Gasteiger partial charge in [0.2, 0.25) is 0 Å². The first kappa shape index (κ1) is 10.9. The minimum Gasteiger partial charge on any atom is -0.477 e. The Morgan fingerprint density at radius 2 is 2.31 bits per heavy atom. The Labute approximate surface area is 99.2 Å². The van der Waals surface area contributed by atoms with E-state index in [1.165, 1.54) is 0 Å². The van der Waals surface area contributed by atoms with Crippen LogP contribution in [0, 0.1) is 0 Å². The largest absolute Gasteiger partial charge is 0.477 e. The Morgan fingerprint density at radius 3 is 2.81 bits per heavy atom. The van der Waals surface area contributed by atoms with Gasteiger partial charge in [0.05, 0.1) is 0 Å². The summed E-state index contributed by atoms with van der Waals surface area (Å²) in [6.07, 6.45) is 0.469. The number of hydrogen-bond donors (Lipinski definition) is 1. The van der Waals surface area contributed by atoms with Crippen molar-refractivity contribution >= 4 is 21.9 Å². The van der Waals surface area contributed by atoms with E-state index in [2.05, 4.69) is 21.1 Å². The molecule has 0 unspecified atom stereocenters. The van der Waals surface area contributed by atoms with Crippen molar-refractivity contribution in [1.82, 2.24) is 5.16 Å². The van der Waals surface area contributed by atoms with E-state index >= 15 is 0 Å². The summed E-state index contributed by atoms with van der Waals surface area (Å²) in [4.78, 5) is 11.1. The van der Waals surface area contributed by atoms with Gasteiger partial charge in [0.1, 0.15) is 5.56 Å². The highest BCUT2D eigenvalue weighted by Gasteiger charge is 2.24. The first-order chi connectivity index (χ1) is 7.63. The molecule has 0 atom stereocenters. The van der Waals surface area contributed by atoms with Gasteiger partial charge in [-0.3, -0.25) is 0 Å². The van der Waals surface area contributed by atoms with Crippen molar-refractivity contribution in [3.8, 4) is 11.5 Å². The molecule has 84 valence electrons. The summed E-state index contributed by atoms with van der Waals surface area (Å²) in [6.45, 7) is 1.80. The van der Waals surface area contributed by atoms with Crippen LogP contribution in [0.4, 0.5) is 0 Å².